The van der Waals surface area contributed by atoms with Crippen molar-refractivity contribution in [2.75, 3.05) is 4.72 Å². The molecule has 8 heteroatoms. The van der Waals surface area contributed by atoms with Gasteiger partial charge in [0.2, 0.25) is 5.91 Å². The Labute approximate surface area is 154 Å². The summed E-state index contributed by atoms with van der Waals surface area (Å²) in [6.45, 7) is 7.56. The number of nitrogens with one attached hydrogen (secondary N) is 2. The summed E-state index contributed by atoms with van der Waals surface area (Å²) in [7, 11) is 0. The second-order valence-electron chi connectivity index (χ2n) is 6.86. The van der Waals surface area contributed by atoms with Gasteiger partial charge in [0.15, 0.2) is 0 Å². The Morgan fingerprint density at radius 3 is 2.44 bits per heavy atom. The van der Waals surface area contributed by atoms with Crippen molar-refractivity contribution in [2.24, 2.45) is 5.41 Å². The van der Waals surface area contributed by atoms with Crippen LogP contribution in [0.25, 0.3) is 0 Å². The molecule has 0 bridgehead atoms. The van der Waals surface area contributed by atoms with E-state index in [2.05, 4.69) is 15.0 Å². The fourth-order valence-corrected chi connectivity index (χ4v) is 3.34. The molecule has 0 aliphatic carbocycles. The van der Waals surface area contributed by atoms with Crippen molar-refractivity contribution in [3.8, 4) is 0 Å². The molecule has 6 nitrogen and oxygen atoms in total. The van der Waals surface area contributed by atoms with Gasteiger partial charge in [0.05, 0.1) is 6.04 Å². The molecule has 1 aromatic carbocycles. The van der Waals surface area contributed by atoms with Gasteiger partial charge in [-0.15, -0.1) is 11.3 Å². The molecule has 25 heavy (non-hydrogen) atoms. The monoisotopic (exact) mass is 381 g/mol. The zero-order chi connectivity index (χ0) is 18.6. The standard InChI is InChI=1S/C17H23N3O3S2/c1-11-10-24-15(18-11)14(19-16(21)17(2,3)4)9-12-5-7-13(8-6-12)20-25(22)23/h5-8,10,14,20H,9H2,1-4H3,(H,19,21)(H,22,23). The molecule has 0 radical (unpaired) electrons. The van der Waals surface area contributed by atoms with E-state index in [1.165, 1.54) is 11.3 Å². The van der Waals surface area contributed by atoms with E-state index in [1.54, 1.807) is 12.1 Å². The maximum atomic E-state index is 12.4. The molecule has 1 heterocycles. The van der Waals surface area contributed by atoms with Crippen LogP contribution >= 0.6 is 11.3 Å². The largest absolute Gasteiger partial charge is 0.346 e. The number of benzene rings is 1. The third-order valence-electron chi connectivity index (χ3n) is 3.52. The van der Waals surface area contributed by atoms with Crippen LogP contribution in [0.3, 0.4) is 0 Å². The fourth-order valence-electron chi connectivity index (χ4n) is 2.15. The number of hydrogen-bond donors (Lipinski definition) is 3. The first-order chi connectivity index (χ1) is 11.6. The quantitative estimate of drug-likeness (QED) is 0.669. The van der Waals surface area contributed by atoms with Crippen LogP contribution in [0.15, 0.2) is 29.6 Å². The van der Waals surface area contributed by atoms with E-state index < -0.39 is 16.7 Å². The van der Waals surface area contributed by atoms with Gasteiger partial charge in [-0.05, 0) is 31.0 Å². The van der Waals surface area contributed by atoms with Crippen molar-refractivity contribution in [3.05, 3.63) is 45.9 Å². The molecule has 0 saturated carbocycles. The van der Waals surface area contributed by atoms with E-state index in [-0.39, 0.29) is 11.9 Å². The number of carbonyl (C=O) groups is 1. The number of hydrogen-bond acceptors (Lipinski definition) is 4. The molecule has 1 amide bonds. The first-order valence-electron chi connectivity index (χ1n) is 7.84. The summed E-state index contributed by atoms with van der Waals surface area (Å²) in [4.78, 5) is 16.9. The molecule has 2 unspecified atom stereocenters. The SMILES string of the molecule is Cc1csc(C(Cc2ccc(NS(=O)O)cc2)NC(=O)C(C)(C)C)n1. The first kappa shape index (κ1) is 19.6. The minimum absolute atomic E-state index is 0.0284. The van der Waals surface area contributed by atoms with Crippen LogP contribution in [0.2, 0.25) is 0 Å². The normalized spacial score (nSPS) is 14.0. The van der Waals surface area contributed by atoms with E-state index in [0.717, 1.165) is 16.3 Å². The summed E-state index contributed by atoms with van der Waals surface area (Å²) >= 11 is -0.564. The van der Waals surface area contributed by atoms with Crippen molar-refractivity contribution in [2.45, 2.75) is 40.2 Å². The molecule has 3 N–H and O–H groups in total. The Bertz CT molecular complexity index is 751. The minimum atomic E-state index is -2.09. The number of nitrogens with zero attached hydrogens (tertiary/aromatic N) is 1. The topological polar surface area (TPSA) is 91.3 Å². The highest BCUT2D eigenvalue weighted by Crippen LogP contribution is 2.25. The van der Waals surface area contributed by atoms with Crippen LogP contribution in [0.5, 0.6) is 0 Å². The third kappa shape index (κ3) is 5.91. The first-order valence-corrected chi connectivity index (χ1v) is 9.83. The molecule has 2 rings (SSSR count). The Morgan fingerprint density at radius 1 is 1.32 bits per heavy atom. The van der Waals surface area contributed by atoms with E-state index in [1.807, 2.05) is 45.2 Å². The Balaban J connectivity index is 2.18. The van der Waals surface area contributed by atoms with Gasteiger partial charge in [0, 0.05) is 22.2 Å². The van der Waals surface area contributed by atoms with Crippen LogP contribution < -0.4 is 10.0 Å². The second kappa shape index (κ2) is 8.07. The Hall–Kier alpha value is -1.77. The lowest BCUT2D eigenvalue weighted by molar-refractivity contribution is -0.129. The van der Waals surface area contributed by atoms with Crippen LogP contribution in [-0.2, 0) is 22.5 Å². The lowest BCUT2D eigenvalue weighted by Crippen LogP contribution is -2.38. The van der Waals surface area contributed by atoms with Crippen LogP contribution in [0.1, 0.15) is 43.1 Å². The number of anilines is 1. The van der Waals surface area contributed by atoms with Crippen LogP contribution in [-0.4, -0.2) is 19.7 Å². The van der Waals surface area contributed by atoms with Gasteiger partial charge in [-0.1, -0.05) is 32.9 Å². The zero-order valence-electron chi connectivity index (χ0n) is 14.7. The van der Waals surface area contributed by atoms with Gasteiger partial charge in [0.25, 0.3) is 11.3 Å². The number of aromatic nitrogens is 1. The number of thiazole rings is 1. The molecular weight excluding hydrogens is 358 g/mol. The van der Waals surface area contributed by atoms with Gasteiger partial charge in [-0.2, -0.15) is 0 Å². The number of aryl methyl sites for hydroxylation is 1. The number of rotatable bonds is 6. The van der Waals surface area contributed by atoms with Gasteiger partial charge in [0.1, 0.15) is 5.01 Å². The summed E-state index contributed by atoms with van der Waals surface area (Å²) in [5.74, 6) is -0.0284. The second-order valence-corrected chi connectivity index (χ2v) is 8.45. The predicted molar refractivity (Wildman–Crippen MR) is 102 cm³/mol. The van der Waals surface area contributed by atoms with E-state index in [0.29, 0.717) is 12.1 Å². The Morgan fingerprint density at radius 2 is 1.96 bits per heavy atom. The van der Waals surface area contributed by atoms with Gasteiger partial charge >= 0.3 is 0 Å². The third-order valence-corrected chi connectivity index (χ3v) is 5.01. The zero-order valence-corrected chi connectivity index (χ0v) is 16.3. The van der Waals surface area contributed by atoms with Crippen molar-refractivity contribution >= 4 is 34.2 Å². The van der Waals surface area contributed by atoms with Crippen molar-refractivity contribution in [1.29, 1.82) is 0 Å². The van der Waals surface area contributed by atoms with Crippen molar-refractivity contribution < 1.29 is 13.6 Å². The number of carbonyl (C=O) groups excluding carboxylic acids is 1. The highest BCUT2D eigenvalue weighted by Gasteiger charge is 2.26. The fraction of sp³-hybridized carbons (Fsp3) is 0.412. The molecule has 1 aromatic heterocycles. The molecule has 0 aliphatic heterocycles. The summed E-state index contributed by atoms with van der Waals surface area (Å²) in [5.41, 5.74) is 2.01. The summed E-state index contributed by atoms with van der Waals surface area (Å²) < 4.78 is 22.1. The maximum Gasteiger partial charge on any atom is 0.259 e. The summed E-state index contributed by atoms with van der Waals surface area (Å²) in [5, 5.41) is 5.92. The molecule has 0 saturated heterocycles. The number of amides is 1. The van der Waals surface area contributed by atoms with Crippen molar-refractivity contribution in [1.82, 2.24) is 10.3 Å². The average molecular weight is 382 g/mol. The highest BCUT2D eigenvalue weighted by atomic mass is 32.2. The minimum Gasteiger partial charge on any atom is -0.346 e. The summed E-state index contributed by atoms with van der Waals surface area (Å²) in [6.07, 6.45) is 0.595. The maximum absolute atomic E-state index is 12.4. The molecule has 0 fully saturated rings. The van der Waals surface area contributed by atoms with E-state index in [4.69, 9.17) is 4.55 Å². The molecule has 136 valence electrons. The molecule has 2 atom stereocenters. The lowest BCUT2D eigenvalue weighted by atomic mass is 9.94. The molecule has 0 aliphatic rings. The van der Waals surface area contributed by atoms with Crippen LogP contribution in [0, 0.1) is 12.3 Å². The molecule has 0 spiro atoms. The predicted octanol–water partition coefficient (Wildman–Crippen LogP) is 3.45. The van der Waals surface area contributed by atoms with Gasteiger partial charge in [-0.25, -0.2) is 9.19 Å². The average Bonchev–Trinajstić information content (AvgIpc) is 2.93. The molecular formula is C17H23N3O3S2. The van der Waals surface area contributed by atoms with Gasteiger partial charge < -0.3 is 5.32 Å². The summed E-state index contributed by atoms with van der Waals surface area (Å²) in [6, 6.07) is 6.99. The van der Waals surface area contributed by atoms with E-state index in [9.17, 15) is 9.00 Å². The van der Waals surface area contributed by atoms with Gasteiger partial charge in [-0.3, -0.25) is 14.1 Å². The lowest BCUT2D eigenvalue weighted by Gasteiger charge is -2.23. The highest BCUT2D eigenvalue weighted by molar-refractivity contribution is 7.80. The molecule has 2 aromatic rings. The van der Waals surface area contributed by atoms with E-state index >= 15 is 0 Å². The van der Waals surface area contributed by atoms with Crippen molar-refractivity contribution in [3.63, 3.8) is 0 Å². The smallest absolute Gasteiger partial charge is 0.259 e. The van der Waals surface area contributed by atoms with Crippen LogP contribution in [0.4, 0.5) is 5.69 Å². The Kier molecular flexibility index (Phi) is 6.31.